The minimum absolute atomic E-state index is 0.0539. The van der Waals surface area contributed by atoms with Gasteiger partial charge in [0.05, 0.1) is 12.0 Å². The third-order valence-corrected chi connectivity index (χ3v) is 7.99. The Hall–Kier alpha value is -1.60. The number of carbonyl (C=O) groups is 2. The molecule has 1 aliphatic carbocycles. The van der Waals surface area contributed by atoms with Crippen molar-refractivity contribution in [1.82, 2.24) is 15.2 Å². The van der Waals surface area contributed by atoms with Crippen LogP contribution in [-0.4, -0.2) is 57.8 Å². The van der Waals surface area contributed by atoms with E-state index in [9.17, 15) is 14.7 Å². The van der Waals surface area contributed by atoms with Gasteiger partial charge >= 0.3 is 5.97 Å². The van der Waals surface area contributed by atoms with Crippen LogP contribution in [0.5, 0.6) is 0 Å². The highest BCUT2D eigenvalue weighted by Crippen LogP contribution is 2.36. The third-order valence-electron chi connectivity index (χ3n) is 6.80. The van der Waals surface area contributed by atoms with Gasteiger partial charge in [0.15, 0.2) is 0 Å². The van der Waals surface area contributed by atoms with Crippen LogP contribution in [0.25, 0.3) is 0 Å². The quantitative estimate of drug-likeness (QED) is 0.511. The first-order valence-electron chi connectivity index (χ1n) is 12.3. The summed E-state index contributed by atoms with van der Waals surface area (Å²) in [6, 6.07) is 4.26. The summed E-state index contributed by atoms with van der Waals surface area (Å²) in [6.07, 6.45) is 8.52. The molecule has 0 radical (unpaired) electrons. The van der Waals surface area contributed by atoms with E-state index in [2.05, 4.69) is 31.0 Å². The molecule has 6 nitrogen and oxygen atoms in total. The normalized spacial score (nSPS) is 22.1. The van der Waals surface area contributed by atoms with Gasteiger partial charge < -0.3 is 15.3 Å². The van der Waals surface area contributed by atoms with Gasteiger partial charge in [-0.1, -0.05) is 26.2 Å². The number of nitrogens with one attached hydrogen (secondary N) is 1. The summed E-state index contributed by atoms with van der Waals surface area (Å²) in [6.45, 7) is 7.83. The van der Waals surface area contributed by atoms with Gasteiger partial charge in [-0.3, -0.25) is 9.59 Å². The van der Waals surface area contributed by atoms with Gasteiger partial charge in [-0.05, 0) is 70.4 Å². The number of piperidine rings is 1. The predicted octanol–water partition coefficient (Wildman–Crippen LogP) is 4.86. The van der Waals surface area contributed by atoms with Gasteiger partial charge in [0.1, 0.15) is 5.03 Å². The Morgan fingerprint density at radius 1 is 1.25 bits per heavy atom. The summed E-state index contributed by atoms with van der Waals surface area (Å²) < 4.78 is 0. The number of thioether (sulfide) groups is 1. The molecule has 1 aromatic rings. The van der Waals surface area contributed by atoms with E-state index in [4.69, 9.17) is 4.98 Å². The number of hydrogen-bond donors (Lipinski definition) is 2. The molecule has 2 heterocycles. The van der Waals surface area contributed by atoms with E-state index in [1.165, 1.54) is 19.3 Å². The standard InChI is InChI=1S/C25H39N3O3S/c1-4-15-32-23-20(24(31)28(18(2)3)19-9-6-5-7-10-19)11-12-21(27-23)25(16-22(29)30)13-8-14-26-17-25/h11-12,18-19,26H,4-10,13-17H2,1-3H3,(H,29,30)/t25-/m0/s1. The van der Waals surface area contributed by atoms with Gasteiger partial charge in [0.25, 0.3) is 5.91 Å². The highest BCUT2D eigenvalue weighted by atomic mass is 32.2. The van der Waals surface area contributed by atoms with Crippen LogP contribution >= 0.6 is 11.8 Å². The van der Waals surface area contributed by atoms with Gasteiger partial charge in [0, 0.05) is 29.7 Å². The Bertz CT molecular complexity index is 787. The van der Waals surface area contributed by atoms with Crippen molar-refractivity contribution < 1.29 is 14.7 Å². The van der Waals surface area contributed by atoms with Crippen molar-refractivity contribution in [2.24, 2.45) is 0 Å². The second-order valence-corrected chi connectivity index (χ2v) is 10.7. The summed E-state index contributed by atoms with van der Waals surface area (Å²) in [5.41, 5.74) is 0.950. The maximum absolute atomic E-state index is 13.8. The van der Waals surface area contributed by atoms with Crippen LogP contribution in [-0.2, 0) is 10.2 Å². The molecule has 7 heteroatoms. The number of carboxylic acid groups (broad SMARTS) is 1. The third kappa shape index (κ3) is 5.84. The van der Waals surface area contributed by atoms with Crippen LogP contribution in [0.1, 0.15) is 94.6 Å². The molecule has 0 spiro atoms. The van der Waals surface area contributed by atoms with Crippen molar-refractivity contribution in [1.29, 1.82) is 0 Å². The number of carboxylic acids is 1. The van der Waals surface area contributed by atoms with E-state index < -0.39 is 11.4 Å². The topological polar surface area (TPSA) is 82.5 Å². The first-order valence-corrected chi connectivity index (χ1v) is 13.3. The molecule has 0 unspecified atom stereocenters. The van der Waals surface area contributed by atoms with Crippen molar-refractivity contribution in [3.8, 4) is 0 Å². The minimum atomic E-state index is -0.804. The molecule has 2 aliphatic rings. The zero-order chi connectivity index (χ0) is 23.1. The zero-order valence-corrected chi connectivity index (χ0v) is 20.7. The van der Waals surface area contributed by atoms with Crippen molar-refractivity contribution in [3.05, 3.63) is 23.4 Å². The van der Waals surface area contributed by atoms with Gasteiger partial charge in [-0.25, -0.2) is 4.98 Å². The average molecular weight is 462 g/mol. The highest BCUT2D eigenvalue weighted by molar-refractivity contribution is 7.99. The lowest BCUT2D eigenvalue weighted by molar-refractivity contribution is -0.138. The number of nitrogens with zero attached hydrogens (tertiary/aromatic N) is 2. The smallest absolute Gasteiger partial charge is 0.304 e. The number of aliphatic carboxylic acids is 1. The number of pyridine rings is 1. The summed E-state index contributed by atoms with van der Waals surface area (Å²) in [4.78, 5) is 32.5. The molecule has 178 valence electrons. The number of rotatable bonds is 9. The van der Waals surface area contributed by atoms with Crippen molar-refractivity contribution in [2.75, 3.05) is 18.8 Å². The lowest BCUT2D eigenvalue weighted by Crippen LogP contribution is -2.46. The fourth-order valence-corrected chi connectivity index (χ4v) is 6.12. The van der Waals surface area contributed by atoms with Crippen LogP contribution in [0.2, 0.25) is 0 Å². The van der Waals surface area contributed by atoms with E-state index in [0.717, 1.165) is 55.1 Å². The Balaban J connectivity index is 1.98. The Kier molecular flexibility index (Phi) is 9.00. The van der Waals surface area contributed by atoms with Gasteiger partial charge in [-0.15, -0.1) is 11.8 Å². The highest BCUT2D eigenvalue weighted by Gasteiger charge is 2.39. The monoisotopic (exact) mass is 461 g/mol. The van der Waals surface area contributed by atoms with E-state index in [0.29, 0.717) is 18.2 Å². The maximum Gasteiger partial charge on any atom is 0.304 e. The van der Waals surface area contributed by atoms with Crippen molar-refractivity contribution >= 4 is 23.6 Å². The van der Waals surface area contributed by atoms with Gasteiger partial charge in [0.2, 0.25) is 0 Å². The molecular weight excluding hydrogens is 422 g/mol. The Morgan fingerprint density at radius 2 is 2.00 bits per heavy atom. The molecule has 32 heavy (non-hydrogen) atoms. The van der Waals surface area contributed by atoms with Gasteiger partial charge in [-0.2, -0.15) is 0 Å². The van der Waals surface area contributed by atoms with Crippen molar-refractivity contribution in [2.45, 2.75) is 101 Å². The van der Waals surface area contributed by atoms with E-state index in [-0.39, 0.29) is 18.4 Å². The summed E-state index contributed by atoms with van der Waals surface area (Å²) >= 11 is 1.62. The molecule has 1 atom stereocenters. The molecule has 0 aromatic carbocycles. The van der Waals surface area contributed by atoms with Crippen LogP contribution < -0.4 is 5.32 Å². The largest absolute Gasteiger partial charge is 0.481 e. The molecule has 1 saturated carbocycles. The van der Waals surface area contributed by atoms with E-state index in [1.807, 2.05) is 12.1 Å². The first kappa shape index (κ1) is 25.0. The predicted molar refractivity (Wildman–Crippen MR) is 129 cm³/mol. The molecule has 1 aromatic heterocycles. The second kappa shape index (κ2) is 11.5. The fourth-order valence-electron chi connectivity index (χ4n) is 5.24. The van der Waals surface area contributed by atoms with E-state index in [1.54, 1.807) is 11.8 Å². The zero-order valence-electron chi connectivity index (χ0n) is 19.9. The average Bonchev–Trinajstić information content (AvgIpc) is 2.78. The lowest BCUT2D eigenvalue weighted by atomic mass is 9.74. The second-order valence-electron chi connectivity index (χ2n) is 9.63. The molecular formula is C25H39N3O3S. The molecule has 1 aliphatic heterocycles. The van der Waals surface area contributed by atoms with Crippen LogP contribution in [0.4, 0.5) is 0 Å². The summed E-state index contributed by atoms with van der Waals surface area (Å²) in [5, 5.41) is 13.7. The minimum Gasteiger partial charge on any atom is -0.481 e. The number of carbonyl (C=O) groups excluding carboxylic acids is 1. The molecule has 2 N–H and O–H groups in total. The van der Waals surface area contributed by atoms with Crippen LogP contribution in [0.15, 0.2) is 17.2 Å². The number of aromatic nitrogens is 1. The molecule has 2 fully saturated rings. The number of hydrogen-bond acceptors (Lipinski definition) is 5. The number of amides is 1. The fraction of sp³-hybridized carbons (Fsp3) is 0.720. The van der Waals surface area contributed by atoms with Crippen LogP contribution in [0, 0.1) is 0 Å². The van der Waals surface area contributed by atoms with Crippen LogP contribution in [0.3, 0.4) is 0 Å². The Labute approximate surface area is 196 Å². The maximum atomic E-state index is 13.8. The SMILES string of the molecule is CCCSc1nc([C@]2(CC(=O)O)CCCNC2)ccc1C(=O)N(C(C)C)C1CCCCC1. The summed E-state index contributed by atoms with van der Waals surface area (Å²) in [5.74, 6) is 0.145. The molecule has 3 rings (SSSR count). The summed E-state index contributed by atoms with van der Waals surface area (Å²) in [7, 11) is 0. The molecule has 1 saturated heterocycles. The first-order chi connectivity index (χ1) is 15.4. The molecule has 1 amide bonds. The molecule has 0 bridgehead atoms. The Morgan fingerprint density at radius 3 is 2.59 bits per heavy atom. The van der Waals surface area contributed by atoms with Crippen molar-refractivity contribution in [3.63, 3.8) is 0 Å². The lowest BCUT2D eigenvalue weighted by Gasteiger charge is -2.38. The van der Waals surface area contributed by atoms with E-state index >= 15 is 0 Å².